The van der Waals surface area contributed by atoms with Crippen molar-refractivity contribution in [3.8, 4) is 17.1 Å². The number of carbonyl (C=O) groups excluding carboxylic acids is 1. The predicted octanol–water partition coefficient (Wildman–Crippen LogP) is 4.43. The first kappa shape index (κ1) is 17.6. The van der Waals surface area contributed by atoms with Crippen LogP contribution in [-0.2, 0) is 0 Å². The zero-order chi connectivity index (χ0) is 19.7. The van der Waals surface area contributed by atoms with Crippen LogP contribution in [-0.4, -0.2) is 20.7 Å². The Labute approximate surface area is 158 Å². The molecule has 6 nitrogen and oxygen atoms in total. The highest BCUT2D eigenvalue weighted by molar-refractivity contribution is 5.86. The van der Waals surface area contributed by atoms with Crippen molar-refractivity contribution in [1.29, 1.82) is 0 Å². The molecule has 8 heteroatoms. The molecule has 4 rings (SSSR count). The maximum atomic E-state index is 13.3. The number of hydrogen-bond acceptors (Lipinski definition) is 4. The molecule has 0 unspecified atom stereocenters. The number of halogens is 2. The number of nitrogens with one attached hydrogen (secondary N) is 1. The zero-order valence-electron chi connectivity index (χ0n) is 14.7. The molecule has 0 saturated carbocycles. The minimum atomic E-state index is -0.757. The summed E-state index contributed by atoms with van der Waals surface area (Å²) in [4.78, 5) is 20.4. The van der Waals surface area contributed by atoms with Gasteiger partial charge in [-0.15, -0.1) is 0 Å². The van der Waals surface area contributed by atoms with E-state index in [0.29, 0.717) is 28.0 Å². The first-order chi connectivity index (χ1) is 13.5. The number of ether oxygens (including phenoxy) is 1. The number of carbonyl (C=O) groups is 1. The van der Waals surface area contributed by atoms with Gasteiger partial charge in [-0.05, 0) is 43.3 Å². The van der Waals surface area contributed by atoms with Gasteiger partial charge in [-0.25, -0.2) is 29.0 Å². The van der Waals surface area contributed by atoms with Crippen LogP contribution in [0.5, 0.6) is 5.75 Å². The summed E-state index contributed by atoms with van der Waals surface area (Å²) in [5.74, 6) is -0.322. The molecular weight excluding hydrogens is 366 g/mol. The van der Waals surface area contributed by atoms with E-state index < -0.39 is 11.9 Å². The van der Waals surface area contributed by atoms with Crippen LogP contribution in [0, 0.1) is 18.6 Å². The molecular formula is C20H14F2N4O2. The monoisotopic (exact) mass is 380 g/mol. The number of aryl methyl sites for hydroxylation is 1. The number of rotatable bonds is 3. The molecule has 0 saturated heterocycles. The third kappa shape index (κ3) is 3.52. The van der Waals surface area contributed by atoms with Crippen LogP contribution in [0.3, 0.4) is 0 Å². The van der Waals surface area contributed by atoms with Crippen molar-refractivity contribution in [2.45, 2.75) is 6.92 Å². The normalized spacial score (nSPS) is 10.8. The minimum absolute atomic E-state index is 0.123. The summed E-state index contributed by atoms with van der Waals surface area (Å²) in [6.45, 7) is 1.77. The summed E-state index contributed by atoms with van der Waals surface area (Å²) in [5, 5.41) is 0.653. The van der Waals surface area contributed by atoms with Crippen molar-refractivity contribution in [3.63, 3.8) is 0 Å². The summed E-state index contributed by atoms with van der Waals surface area (Å²) in [7, 11) is 0. The van der Waals surface area contributed by atoms with Gasteiger partial charge in [0.05, 0.1) is 17.9 Å². The Balaban J connectivity index is 1.49. The summed E-state index contributed by atoms with van der Waals surface area (Å²) in [6, 6.07) is 11.9. The van der Waals surface area contributed by atoms with Gasteiger partial charge < -0.3 is 4.74 Å². The van der Waals surface area contributed by atoms with Crippen molar-refractivity contribution in [2.24, 2.45) is 0 Å². The summed E-state index contributed by atoms with van der Waals surface area (Å²) in [5.41, 5.74) is 4.43. The second kappa shape index (κ2) is 7.07. The topological polar surface area (TPSA) is 69.0 Å². The molecule has 0 aliphatic rings. The third-order valence-corrected chi connectivity index (χ3v) is 4.07. The van der Waals surface area contributed by atoms with Crippen LogP contribution in [0.25, 0.3) is 22.3 Å². The Kier molecular flexibility index (Phi) is 4.44. The van der Waals surface area contributed by atoms with Gasteiger partial charge in [0.2, 0.25) is 0 Å². The van der Waals surface area contributed by atoms with Gasteiger partial charge in [0.15, 0.2) is 11.6 Å². The lowest BCUT2D eigenvalue weighted by Gasteiger charge is -2.10. The first-order valence-electron chi connectivity index (χ1n) is 8.34. The van der Waals surface area contributed by atoms with E-state index in [1.54, 1.807) is 31.2 Å². The molecule has 2 heterocycles. The minimum Gasteiger partial charge on any atom is -0.406 e. The molecule has 0 spiro atoms. The highest BCUT2D eigenvalue weighted by atomic mass is 19.1. The Hall–Kier alpha value is -3.81. The van der Waals surface area contributed by atoms with Gasteiger partial charge in [-0.2, -0.15) is 0 Å². The van der Waals surface area contributed by atoms with Crippen LogP contribution in [0.15, 0.2) is 60.9 Å². The molecule has 0 fully saturated rings. The average Bonchev–Trinajstić information content (AvgIpc) is 2.96. The third-order valence-electron chi connectivity index (χ3n) is 4.07. The Bertz CT molecular complexity index is 1170. The maximum Gasteiger partial charge on any atom is 0.432 e. The molecule has 4 aromatic rings. The van der Waals surface area contributed by atoms with Crippen LogP contribution >= 0.6 is 0 Å². The second-order valence-corrected chi connectivity index (χ2v) is 6.08. The van der Waals surface area contributed by atoms with Crippen LogP contribution < -0.4 is 10.2 Å². The van der Waals surface area contributed by atoms with Gasteiger partial charge in [-0.3, -0.25) is 4.68 Å². The second-order valence-electron chi connectivity index (χ2n) is 6.08. The van der Waals surface area contributed by atoms with Crippen molar-refractivity contribution in [1.82, 2.24) is 14.6 Å². The molecule has 0 aliphatic carbocycles. The smallest absolute Gasteiger partial charge is 0.406 e. The Morgan fingerprint density at radius 2 is 1.79 bits per heavy atom. The van der Waals surface area contributed by atoms with Gasteiger partial charge in [0, 0.05) is 16.6 Å². The lowest BCUT2D eigenvalue weighted by Crippen LogP contribution is -2.26. The van der Waals surface area contributed by atoms with E-state index in [9.17, 15) is 13.6 Å². The largest absolute Gasteiger partial charge is 0.432 e. The average molecular weight is 380 g/mol. The maximum absolute atomic E-state index is 13.3. The van der Waals surface area contributed by atoms with E-state index in [2.05, 4.69) is 15.4 Å². The molecule has 2 aromatic heterocycles. The van der Waals surface area contributed by atoms with Gasteiger partial charge in [-0.1, -0.05) is 12.1 Å². The number of nitrogens with zero attached hydrogens (tertiary/aromatic N) is 3. The van der Waals surface area contributed by atoms with Crippen molar-refractivity contribution in [2.75, 3.05) is 5.43 Å². The van der Waals surface area contributed by atoms with Gasteiger partial charge >= 0.3 is 6.09 Å². The standard InChI is InChI=1S/C20H14F2N4O2/c1-12-7-14-9-16(22)5-6-18(14)26(12)25-20(27)28-17-10-23-19(24-11-17)13-3-2-4-15(21)8-13/h2-11H,1H3,(H,25,27). The van der Waals surface area contributed by atoms with Crippen LogP contribution in [0.1, 0.15) is 5.69 Å². The summed E-state index contributed by atoms with van der Waals surface area (Å²) < 4.78 is 33.3. The molecule has 0 atom stereocenters. The predicted molar refractivity (Wildman–Crippen MR) is 99.4 cm³/mol. The molecule has 140 valence electrons. The molecule has 0 radical (unpaired) electrons. The highest BCUT2D eigenvalue weighted by Gasteiger charge is 2.12. The van der Waals surface area contributed by atoms with E-state index >= 15 is 0 Å². The number of fused-ring (bicyclic) bond motifs is 1. The fourth-order valence-corrected chi connectivity index (χ4v) is 2.84. The fraction of sp³-hybridized carbons (Fsp3) is 0.0500. The van der Waals surface area contributed by atoms with Crippen LogP contribution in [0.4, 0.5) is 13.6 Å². The number of amides is 1. The van der Waals surface area contributed by atoms with Gasteiger partial charge in [0.1, 0.15) is 11.6 Å². The molecule has 28 heavy (non-hydrogen) atoms. The Morgan fingerprint density at radius 3 is 2.54 bits per heavy atom. The van der Waals surface area contributed by atoms with Gasteiger partial charge in [0.25, 0.3) is 0 Å². The van der Waals surface area contributed by atoms with E-state index in [-0.39, 0.29) is 11.6 Å². The first-order valence-corrected chi connectivity index (χ1v) is 8.34. The van der Waals surface area contributed by atoms with Crippen molar-refractivity contribution >= 4 is 17.0 Å². The molecule has 0 bridgehead atoms. The lowest BCUT2D eigenvalue weighted by atomic mass is 10.2. The zero-order valence-corrected chi connectivity index (χ0v) is 14.7. The van der Waals surface area contributed by atoms with E-state index in [0.717, 1.165) is 0 Å². The van der Waals surface area contributed by atoms with Crippen LogP contribution in [0.2, 0.25) is 0 Å². The van der Waals surface area contributed by atoms with Crippen molar-refractivity contribution < 1.29 is 18.3 Å². The summed E-state index contributed by atoms with van der Waals surface area (Å²) >= 11 is 0. The molecule has 1 N–H and O–H groups in total. The van der Waals surface area contributed by atoms with E-state index in [1.807, 2.05) is 0 Å². The van der Waals surface area contributed by atoms with E-state index in [4.69, 9.17) is 4.74 Å². The molecule has 0 aliphatic heterocycles. The molecule has 1 amide bonds. The fourth-order valence-electron chi connectivity index (χ4n) is 2.84. The molecule has 2 aromatic carbocycles. The summed E-state index contributed by atoms with van der Waals surface area (Å²) in [6.07, 6.45) is 1.89. The Morgan fingerprint density at radius 1 is 1.04 bits per heavy atom. The number of hydrogen-bond donors (Lipinski definition) is 1. The lowest BCUT2D eigenvalue weighted by molar-refractivity contribution is 0.211. The highest BCUT2D eigenvalue weighted by Crippen LogP contribution is 2.20. The number of benzene rings is 2. The van der Waals surface area contributed by atoms with Crippen molar-refractivity contribution in [3.05, 3.63) is 78.3 Å². The quantitative estimate of drug-likeness (QED) is 0.571. The SMILES string of the molecule is Cc1cc2cc(F)ccc2n1NC(=O)Oc1cnc(-c2cccc(F)c2)nc1. The van der Waals surface area contributed by atoms with E-state index in [1.165, 1.54) is 41.3 Å². The number of aromatic nitrogens is 3.